The molecule has 1 aromatic carbocycles. The first kappa shape index (κ1) is 22.6. The number of ether oxygens (including phenoxy) is 1. The average molecular weight is 479 g/mol. The summed E-state index contributed by atoms with van der Waals surface area (Å²) in [5.41, 5.74) is 0.366. The molecule has 2 N–H and O–H groups in total. The van der Waals surface area contributed by atoms with Crippen molar-refractivity contribution in [3.63, 3.8) is 0 Å². The van der Waals surface area contributed by atoms with E-state index in [9.17, 15) is 28.1 Å². The molecule has 0 spiro atoms. The maximum Gasteiger partial charge on any atom is 0.409 e. The van der Waals surface area contributed by atoms with Gasteiger partial charge in [-0.1, -0.05) is 11.3 Å². The molecule has 31 heavy (non-hydrogen) atoms. The summed E-state index contributed by atoms with van der Waals surface area (Å²) in [6.07, 6.45) is -2.30. The molecule has 0 saturated carbocycles. The standard InChI is InChI=1S/C16H14ClF3N6O4S/c1-8-21-7-12(26(28)29)25(8)4-5-30-15(27)24-13(16(17,19)20)23-14-22-10-3-2-9(18)6-11(10)31-14/h2-3,6-7,13H,4-5H2,1H3,(H,22,23)(H,24,27). The number of aryl methyl sites for hydroxylation is 1. The zero-order valence-electron chi connectivity index (χ0n) is 15.6. The molecule has 10 nitrogen and oxygen atoms in total. The number of carbonyl (C=O) groups is 1. The number of rotatable bonds is 8. The van der Waals surface area contributed by atoms with Crippen LogP contribution in [0, 0.1) is 22.9 Å². The smallest absolute Gasteiger partial charge is 0.409 e. The van der Waals surface area contributed by atoms with Gasteiger partial charge in [0.1, 0.15) is 25.2 Å². The van der Waals surface area contributed by atoms with Crippen molar-refractivity contribution in [3.05, 3.63) is 46.2 Å². The van der Waals surface area contributed by atoms with Gasteiger partial charge in [-0.3, -0.25) is 5.32 Å². The van der Waals surface area contributed by atoms with Crippen LogP contribution >= 0.6 is 22.9 Å². The van der Waals surface area contributed by atoms with Gasteiger partial charge in [-0.05, 0) is 34.7 Å². The minimum atomic E-state index is -3.93. The highest BCUT2D eigenvalue weighted by atomic mass is 35.5. The summed E-state index contributed by atoms with van der Waals surface area (Å²) in [5, 5.41) is 11.1. The first-order valence-corrected chi connectivity index (χ1v) is 9.73. The number of hydrogen-bond acceptors (Lipinski definition) is 8. The Bertz CT molecular complexity index is 1120. The van der Waals surface area contributed by atoms with Crippen LogP contribution in [0.15, 0.2) is 24.4 Å². The molecule has 1 amide bonds. The number of hydrogen-bond donors (Lipinski definition) is 2. The summed E-state index contributed by atoms with van der Waals surface area (Å²) in [6, 6.07) is 3.73. The van der Waals surface area contributed by atoms with E-state index >= 15 is 0 Å². The number of benzene rings is 1. The van der Waals surface area contributed by atoms with Gasteiger partial charge in [0, 0.05) is 6.92 Å². The quantitative estimate of drug-likeness (QED) is 0.218. The lowest BCUT2D eigenvalue weighted by Crippen LogP contribution is -2.50. The second-order valence-corrected chi connectivity index (χ2v) is 7.64. The van der Waals surface area contributed by atoms with Crippen LogP contribution < -0.4 is 10.6 Å². The lowest BCUT2D eigenvalue weighted by Gasteiger charge is -2.23. The van der Waals surface area contributed by atoms with Crippen molar-refractivity contribution in [2.75, 3.05) is 11.9 Å². The first-order valence-electron chi connectivity index (χ1n) is 8.54. The predicted octanol–water partition coefficient (Wildman–Crippen LogP) is 3.84. The Morgan fingerprint density at radius 2 is 2.23 bits per heavy atom. The van der Waals surface area contributed by atoms with E-state index in [2.05, 4.69) is 15.3 Å². The van der Waals surface area contributed by atoms with Crippen molar-refractivity contribution in [1.29, 1.82) is 0 Å². The molecule has 1 unspecified atom stereocenters. The number of nitrogens with zero attached hydrogens (tertiary/aromatic N) is 4. The summed E-state index contributed by atoms with van der Waals surface area (Å²) in [7, 11) is 0. The molecular formula is C16H14ClF3N6O4S. The number of alkyl halides is 3. The summed E-state index contributed by atoms with van der Waals surface area (Å²) in [5.74, 6) is -0.507. The van der Waals surface area contributed by atoms with Gasteiger partial charge in [0.25, 0.3) is 0 Å². The molecule has 0 fully saturated rings. The fourth-order valence-electron chi connectivity index (χ4n) is 2.55. The predicted molar refractivity (Wildman–Crippen MR) is 106 cm³/mol. The fourth-order valence-corrected chi connectivity index (χ4v) is 3.58. The van der Waals surface area contributed by atoms with Crippen LogP contribution in [0.25, 0.3) is 10.2 Å². The summed E-state index contributed by atoms with van der Waals surface area (Å²) >= 11 is 5.96. The Kier molecular flexibility index (Phi) is 6.50. The monoisotopic (exact) mass is 478 g/mol. The third-order valence-corrected chi connectivity index (χ3v) is 5.14. The molecule has 2 aromatic heterocycles. The van der Waals surface area contributed by atoms with E-state index in [-0.39, 0.29) is 24.1 Å². The Labute approximate surface area is 181 Å². The molecule has 2 heterocycles. The lowest BCUT2D eigenvalue weighted by atomic mass is 10.3. The number of nitro groups is 1. The maximum absolute atomic E-state index is 13.8. The number of halogens is 4. The van der Waals surface area contributed by atoms with Crippen LogP contribution in [-0.4, -0.2) is 43.7 Å². The summed E-state index contributed by atoms with van der Waals surface area (Å²) < 4.78 is 47.2. The van der Waals surface area contributed by atoms with E-state index in [0.29, 0.717) is 16.0 Å². The molecule has 1 atom stereocenters. The van der Waals surface area contributed by atoms with E-state index in [1.54, 1.807) is 0 Å². The number of alkyl carbamates (subject to hydrolysis) is 1. The molecule has 0 aliphatic carbocycles. The van der Waals surface area contributed by atoms with E-state index < -0.39 is 28.4 Å². The number of aromatic nitrogens is 3. The number of nitrogens with one attached hydrogen (secondary N) is 2. The van der Waals surface area contributed by atoms with E-state index in [4.69, 9.17) is 16.3 Å². The largest absolute Gasteiger partial charge is 0.445 e. The molecule has 0 aliphatic heterocycles. The highest BCUT2D eigenvalue weighted by Crippen LogP contribution is 2.30. The maximum atomic E-state index is 13.8. The lowest BCUT2D eigenvalue weighted by molar-refractivity contribution is -0.392. The van der Waals surface area contributed by atoms with Gasteiger partial charge in [-0.15, -0.1) is 0 Å². The summed E-state index contributed by atoms with van der Waals surface area (Å²) in [6.45, 7) is 1.05. The molecule has 0 saturated heterocycles. The average Bonchev–Trinajstić information content (AvgIpc) is 3.23. The molecule has 3 rings (SSSR count). The molecule has 15 heteroatoms. The van der Waals surface area contributed by atoms with Gasteiger partial charge in [-0.2, -0.15) is 8.78 Å². The normalized spacial score (nSPS) is 12.5. The van der Waals surface area contributed by atoms with E-state index in [1.165, 1.54) is 29.7 Å². The van der Waals surface area contributed by atoms with E-state index in [1.807, 2.05) is 5.32 Å². The van der Waals surface area contributed by atoms with Crippen molar-refractivity contribution in [2.24, 2.45) is 0 Å². The van der Waals surface area contributed by atoms with Gasteiger partial charge >= 0.3 is 17.3 Å². The minimum absolute atomic E-state index is 0.0316. The molecule has 3 aromatic rings. The van der Waals surface area contributed by atoms with Gasteiger partial charge in [0.2, 0.25) is 0 Å². The van der Waals surface area contributed by atoms with Crippen molar-refractivity contribution < 1.29 is 27.6 Å². The van der Waals surface area contributed by atoms with Crippen LogP contribution in [0.4, 0.5) is 28.9 Å². The number of imidazole rings is 1. The van der Waals surface area contributed by atoms with E-state index in [0.717, 1.165) is 17.5 Å². The van der Waals surface area contributed by atoms with Crippen LogP contribution in [0.5, 0.6) is 0 Å². The van der Waals surface area contributed by atoms with Crippen LogP contribution in [-0.2, 0) is 11.3 Å². The topological polar surface area (TPSA) is 124 Å². The number of fused-ring (bicyclic) bond motifs is 1. The highest BCUT2D eigenvalue weighted by Gasteiger charge is 2.39. The van der Waals surface area contributed by atoms with Gasteiger partial charge in [0.15, 0.2) is 17.1 Å². The summed E-state index contributed by atoms with van der Waals surface area (Å²) in [4.78, 5) is 30.1. The number of carbonyl (C=O) groups excluding carboxylic acids is 1. The Morgan fingerprint density at radius 1 is 1.48 bits per heavy atom. The number of anilines is 1. The molecule has 0 bridgehead atoms. The number of amides is 1. The SMILES string of the molecule is Cc1ncc([N+](=O)[O-])n1CCOC(=O)NC(Nc1nc2ccc(F)cc2s1)C(F)(F)Cl. The van der Waals surface area contributed by atoms with Crippen molar-refractivity contribution >= 4 is 50.2 Å². The Balaban J connectivity index is 1.62. The van der Waals surface area contributed by atoms with Gasteiger partial charge in [-0.25, -0.2) is 23.7 Å². The third kappa shape index (κ3) is 5.52. The third-order valence-electron chi connectivity index (χ3n) is 3.98. The fraction of sp³-hybridized carbons (Fsp3) is 0.312. The minimum Gasteiger partial charge on any atom is -0.445 e. The zero-order valence-corrected chi connectivity index (χ0v) is 17.2. The first-order chi connectivity index (χ1) is 14.5. The number of thiazole rings is 1. The van der Waals surface area contributed by atoms with Crippen molar-refractivity contribution in [1.82, 2.24) is 19.9 Å². The van der Waals surface area contributed by atoms with Gasteiger partial charge in [0.05, 0.1) is 10.2 Å². The van der Waals surface area contributed by atoms with Crippen LogP contribution in [0.1, 0.15) is 5.82 Å². The zero-order chi connectivity index (χ0) is 22.8. The van der Waals surface area contributed by atoms with Crippen LogP contribution in [0.3, 0.4) is 0 Å². The van der Waals surface area contributed by atoms with Crippen LogP contribution in [0.2, 0.25) is 0 Å². The molecule has 166 valence electrons. The molecule has 0 radical (unpaired) electrons. The van der Waals surface area contributed by atoms with Crippen molar-refractivity contribution in [3.8, 4) is 0 Å². The van der Waals surface area contributed by atoms with Gasteiger partial charge < -0.3 is 20.2 Å². The molecule has 0 aliphatic rings. The Hall–Kier alpha value is -3.13. The second-order valence-electron chi connectivity index (χ2n) is 6.10. The second kappa shape index (κ2) is 8.93. The Morgan fingerprint density at radius 3 is 2.90 bits per heavy atom. The van der Waals surface area contributed by atoms with Crippen molar-refractivity contribution in [2.45, 2.75) is 25.0 Å². The highest BCUT2D eigenvalue weighted by molar-refractivity contribution is 7.22. The molecular weight excluding hydrogens is 465 g/mol.